The van der Waals surface area contributed by atoms with Crippen LogP contribution in [0.15, 0.2) is 0 Å². The maximum absolute atomic E-state index is 10.2. The lowest BCUT2D eigenvalue weighted by molar-refractivity contribution is 0.451. The zero-order valence-corrected chi connectivity index (χ0v) is 10.8. The van der Waals surface area contributed by atoms with Crippen molar-refractivity contribution in [3.05, 3.63) is 27.3 Å². The molecule has 0 bridgehead atoms. The maximum Gasteiger partial charge on any atom is 0.123 e. The minimum Gasteiger partial charge on any atom is -0.507 e. The van der Waals surface area contributed by atoms with Crippen molar-refractivity contribution in [2.45, 2.75) is 39.7 Å². The molecule has 1 aromatic rings. The van der Waals surface area contributed by atoms with Gasteiger partial charge in [-0.25, -0.2) is 0 Å². The van der Waals surface area contributed by atoms with Crippen molar-refractivity contribution in [3.8, 4) is 5.75 Å². The summed E-state index contributed by atoms with van der Waals surface area (Å²) in [4.78, 5) is 0. The minimum absolute atomic E-state index is 0.261. The molecule has 1 aliphatic rings. The smallest absolute Gasteiger partial charge is 0.123 e. The van der Waals surface area contributed by atoms with Crippen molar-refractivity contribution in [2.75, 3.05) is 6.54 Å². The number of hydrogen-bond acceptors (Lipinski definition) is 2. The average molecular weight is 240 g/mol. The Morgan fingerprint density at radius 3 is 2.44 bits per heavy atom. The normalized spacial score (nSPS) is 20.4. The Labute approximate surface area is 102 Å². The van der Waals surface area contributed by atoms with Crippen molar-refractivity contribution in [3.63, 3.8) is 0 Å². The number of rotatable bonds is 1. The van der Waals surface area contributed by atoms with E-state index in [1.165, 1.54) is 0 Å². The molecule has 0 saturated carbocycles. The van der Waals surface area contributed by atoms with Crippen LogP contribution in [0.2, 0.25) is 5.02 Å². The van der Waals surface area contributed by atoms with Gasteiger partial charge in [0.25, 0.3) is 0 Å². The van der Waals surface area contributed by atoms with E-state index in [-0.39, 0.29) is 6.04 Å². The predicted molar refractivity (Wildman–Crippen MR) is 67.3 cm³/mol. The molecule has 0 amide bonds. The molecule has 0 aromatic heterocycles. The second kappa shape index (κ2) is 4.27. The number of aromatic hydroxyl groups is 1. The van der Waals surface area contributed by atoms with Gasteiger partial charge in [0.05, 0.1) is 0 Å². The number of benzene rings is 1. The molecule has 0 radical (unpaired) electrons. The number of nitrogens with one attached hydrogen (secondary N) is 1. The molecule has 2 nitrogen and oxygen atoms in total. The summed E-state index contributed by atoms with van der Waals surface area (Å²) < 4.78 is 0. The zero-order chi connectivity index (χ0) is 11.9. The van der Waals surface area contributed by atoms with E-state index in [2.05, 4.69) is 5.32 Å². The Morgan fingerprint density at radius 2 is 1.88 bits per heavy atom. The van der Waals surface area contributed by atoms with Crippen LogP contribution in [0.25, 0.3) is 0 Å². The molecule has 88 valence electrons. The fourth-order valence-electron chi connectivity index (χ4n) is 2.48. The van der Waals surface area contributed by atoms with Crippen LogP contribution in [0.1, 0.15) is 41.1 Å². The molecule has 1 fully saturated rings. The fourth-order valence-corrected chi connectivity index (χ4v) is 2.72. The van der Waals surface area contributed by atoms with E-state index < -0.39 is 0 Å². The summed E-state index contributed by atoms with van der Waals surface area (Å²) in [5, 5.41) is 14.4. The first kappa shape index (κ1) is 11.7. The van der Waals surface area contributed by atoms with Crippen LogP contribution in [0.5, 0.6) is 5.75 Å². The summed E-state index contributed by atoms with van der Waals surface area (Å²) in [6.07, 6.45) is 2.24. The summed E-state index contributed by atoms with van der Waals surface area (Å²) in [7, 11) is 0. The monoisotopic (exact) mass is 239 g/mol. The van der Waals surface area contributed by atoms with Gasteiger partial charge in [-0.2, -0.15) is 0 Å². The van der Waals surface area contributed by atoms with Gasteiger partial charge in [0.2, 0.25) is 0 Å². The van der Waals surface area contributed by atoms with Gasteiger partial charge in [0.1, 0.15) is 5.75 Å². The van der Waals surface area contributed by atoms with Crippen molar-refractivity contribution in [2.24, 2.45) is 0 Å². The van der Waals surface area contributed by atoms with Crippen LogP contribution in [0.4, 0.5) is 0 Å². The van der Waals surface area contributed by atoms with Gasteiger partial charge in [0.15, 0.2) is 0 Å². The van der Waals surface area contributed by atoms with Crippen LogP contribution in [0, 0.1) is 20.8 Å². The van der Waals surface area contributed by atoms with E-state index >= 15 is 0 Å². The van der Waals surface area contributed by atoms with Gasteiger partial charge >= 0.3 is 0 Å². The second-order valence-electron chi connectivity index (χ2n) is 4.60. The minimum atomic E-state index is 0.261. The van der Waals surface area contributed by atoms with E-state index in [0.717, 1.165) is 46.7 Å². The van der Waals surface area contributed by atoms with Crippen LogP contribution in [-0.4, -0.2) is 11.7 Å². The van der Waals surface area contributed by atoms with E-state index in [1.54, 1.807) is 0 Å². The van der Waals surface area contributed by atoms with Gasteiger partial charge in [0, 0.05) is 16.6 Å². The van der Waals surface area contributed by atoms with Crippen molar-refractivity contribution in [1.29, 1.82) is 0 Å². The molecule has 16 heavy (non-hydrogen) atoms. The Balaban J connectivity index is 2.59. The SMILES string of the molecule is Cc1c(C)c(Cl)c(C)c(C2CCCN2)c1O. The highest BCUT2D eigenvalue weighted by Crippen LogP contribution is 2.40. The molecule has 1 saturated heterocycles. The highest BCUT2D eigenvalue weighted by Gasteiger charge is 2.24. The van der Waals surface area contributed by atoms with E-state index in [1.807, 2.05) is 20.8 Å². The third-order valence-electron chi connectivity index (χ3n) is 3.64. The third-order valence-corrected chi connectivity index (χ3v) is 4.21. The maximum atomic E-state index is 10.2. The van der Waals surface area contributed by atoms with Gasteiger partial charge in [-0.15, -0.1) is 0 Å². The molecule has 2 rings (SSSR count). The van der Waals surface area contributed by atoms with Gasteiger partial charge < -0.3 is 10.4 Å². The molecule has 1 unspecified atom stereocenters. The molecule has 2 N–H and O–H groups in total. The van der Waals surface area contributed by atoms with Crippen LogP contribution >= 0.6 is 11.6 Å². The molecular weight excluding hydrogens is 222 g/mol. The molecule has 3 heteroatoms. The molecule has 1 aliphatic heterocycles. The lowest BCUT2D eigenvalue weighted by Crippen LogP contribution is -2.15. The average Bonchev–Trinajstić information content (AvgIpc) is 2.77. The highest BCUT2D eigenvalue weighted by atomic mass is 35.5. The number of halogens is 1. The van der Waals surface area contributed by atoms with E-state index in [9.17, 15) is 5.11 Å². The van der Waals surface area contributed by atoms with E-state index in [4.69, 9.17) is 11.6 Å². The largest absolute Gasteiger partial charge is 0.507 e. The highest BCUT2D eigenvalue weighted by molar-refractivity contribution is 6.32. The number of hydrogen-bond donors (Lipinski definition) is 2. The molecule has 0 spiro atoms. The van der Waals surface area contributed by atoms with Gasteiger partial charge in [-0.3, -0.25) is 0 Å². The standard InChI is InChI=1S/C13H18ClNO/c1-7-8(2)13(16)11(9(3)12(7)14)10-5-4-6-15-10/h10,15-16H,4-6H2,1-3H3. The number of phenols is 1. The summed E-state index contributed by atoms with van der Waals surface area (Å²) in [6, 6.07) is 0.261. The predicted octanol–water partition coefficient (Wildman–Crippen LogP) is 3.40. The molecule has 1 aromatic carbocycles. The Bertz CT molecular complexity index is 393. The lowest BCUT2D eigenvalue weighted by Gasteiger charge is -2.20. The van der Waals surface area contributed by atoms with Gasteiger partial charge in [-0.05, 0) is 56.8 Å². The lowest BCUT2D eigenvalue weighted by atomic mass is 9.93. The fraction of sp³-hybridized carbons (Fsp3) is 0.538. The molecule has 0 aliphatic carbocycles. The van der Waals surface area contributed by atoms with E-state index in [0.29, 0.717) is 5.75 Å². The topological polar surface area (TPSA) is 32.3 Å². The first-order valence-electron chi connectivity index (χ1n) is 5.75. The second-order valence-corrected chi connectivity index (χ2v) is 4.98. The summed E-state index contributed by atoms with van der Waals surface area (Å²) in [5.41, 5.74) is 3.89. The molecule has 1 heterocycles. The van der Waals surface area contributed by atoms with Crippen molar-refractivity contribution < 1.29 is 5.11 Å². The van der Waals surface area contributed by atoms with Crippen LogP contribution in [-0.2, 0) is 0 Å². The Kier molecular flexibility index (Phi) is 3.13. The third kappa shape index (κ3) is 1.70. The quantitative estimate of drug-likeness (QED) is 0.787. The van der Waals surface area contributed by atoms with Crippen molar-refractivity contribution >= 4 is 11.6 Å². The molecular formula is C13H18ClNO. The first-order chi connectivity index (χ1) is 7.54. The zero-order valence-electron chi connectivity index (χ0n) is 10.0. The first-order valence-corrected chi connectivity index (χ1v) is 6.13. The number of phenolic OH excluding ortho intramolecular Hbond substituents is 1. The summed E-state index contributed by atoms with van der Waals surface area (Å²) in [5.74, 6) is 0.416. The molecule has 1 atom stereocenters. The van der Waals surface area contributed by atoms with Crippen molar-refractivity contribution in [1.82, 2.24) is 5.32 Å². The van der Waals surface area contributed by atoms with Gasteiger partial charge in [-0.1, -0.05) is 11.6 Å². The Hall–Kier alpha value is -0.730. The summed E-state index contributed by atoms with van der Waals surface area (Å²) in [6.45, 7) is 6.89. The van der Waals surface area contributed by atoms with Crippen LogP contribution < -0.4 is 5.32 Å². The summed E-state index contributed by atoms with van der Waals surface area (Å²) >= 11 is 6.30. The Morgan fingerprint density at radius 1 is 1.19 bits per heavy atom. The van der Waals surface area contributed by atoms with Crippen LogP contribution in [0.3, 0.4) is 0 Å².